The number of likely N-dealkylation sites (N-methyl/N-ethyl adjacent to an activating group) is 1. The third-order valence-electron chi connectivity index (χ3n) is 3.65. The molecule has 2 unspecified atom stereocenters. The van der Waals surface area contributed by atoms with Crippen LogP contribution in [0.5, 0.6) is 5.75 Å². The summed E-state index contributed by atoms with van der Waals surface area (Å²) in [6.45, 7) is 6.30. The molecule has 2 rings (SSSR count). The number of benzene rings is 1. The molecule has 5 nitrogen and oxygen atoms in total. The SMILES string of the molecule is CCC(C)Oc1cccc(NC2CC(=O)N(CC)C2=O)c1. The summed E-state index contributed by atoms with van der Waals surface area (Å²) in [5, 5.41) is 3.12. The molecular weight excluding hydrogens is 268 g/mol. The van der Waals surface area contributed by atoms with E-state index in [2.05, 4.69) is 12.2 Å². The molecule has 114 valence electrons. The fraction of sp³-hybridized carbons (Fsp3) is 0.500. The summed E-state index contributed by atoms with van der Waals surface area (Å²) in [6.07, 6.45) is 1.28. The molecule has 0 bridgehead atoms. The van der Waals surface area contributed by atoms with E-state index in [1.54, 1.807) is 6.92 Å². The summed E-state index contributed by atoms with van der Waals surface area (Å²) in [5.41, 5.74) is 0.792. The molecule has 1 saturated heterocycles. The van der Waals surface area contributed by atoms with Crippen LogP contribution < -0.4 is 10.1 Å². The van der Waals surface area contributed by atoms with Crippen LogP contribution in [0.15, 0.2) is 24.3 Å². The van der Waals surface area contributed by atoms with E-state index in [9.17, 15) is 9.59 Å². The summed E-state index contributed by atoms with van der Waals surface area (Å²) in [7, 11) is 0. The van der Waals surface area contributed by atoms with Crippen molar-refractivity contribution >= 4 is 17.5 Å². The lowest BCUT2D eigenvalue weighted by Gasteiger charge is -2.16. The fourth-order valence-corrected chi connectivity index (χ4v) is 2.30. The first-order valence-electron chi connectivity index (χ1n) is 7.42. The van der Waals surface area contributed by atoms with Gasteiger partial charge in [-0.1, -0.05) is 13.0 Å². The van der Waals surface area contributed by atoms with Crippen LogP contribution in [0, 0.1) is 0 Å². The maximum Gasteiger partial charge on any atom is 0.252 e. The first kappa shape index (κ1) is 15.4. The molecule has 2 amide bonds. The highest BCUT2D eigenvalue weighted by molar-refractivity contribution is 6.06. The van der Waals surface area contributed by atoms with E-state index >= 15 is 0 Å². The second kappa shape index (κ2) is 6.61. The van der Waals surface area contributed by atoms with E-state index in [1.807, 2.05) is 31.2 Å². The Morgan fingerprint density at radius 1 is 1.38 bits per heavy atom. The molecule has 1 aromatic rings. The van der Waals surface area contributed by atoms with Crippen molar-refractivity contribution in [1.82, 2.24) is 4.90 Å². The van der Waals surface area contributed by atoms with Gasteiger partial charge >= 0.3 is 0 Å². The Labute approximate surface area is 125 Å². The topological polar surface area (TPSA) is 58.6 Å². The van der Waals surface area contributed by atoms with Gasteiger partial charge in [-0.15, -0.1) is 0 Å². The maximum atomic E-state index is 12.1. The molecule has 1 N–H and O–H groups in total. The normalized spacial score (nSPS) is 19.8. The Hall–Kier alpha value is -2.04. The van der Waals surface area contributed by atoms with Gasteiger partial charge in [-0.2, -0.15) is 0 Å². The zero-order chi connectivity index (χ0) is 15.4. The Morgan fingerprint density at radius 2 is 2.14 bits per heavy atom. The van der Waals surface area contributed by atoms with E-state index < -0.39 is 6.04 Å². The maximum absolute atomic E-state index is 12.1. The zero-order valence-electron chi connectivity index (χ0n) is 12.8. The van der Waals surface area contributed by atoms with Crippen LogP contribution in [0.3, 0.4) is 0 Å². The molecule has 2 atom stereocenters. The van der Waals surface area contributed by atoms with Gasteiger partial charge in [0.15, 0.2) is 0 Å². The van der Waals surface area contributed by atoms with Crippen LogP contribution in [-0.2, 0) is 9.59 Å². The van der Waals surface area contributed by atoms with Gasteiger partial charge in [0.25, 0.3) is 5.91 Å². The van der Waals surface area contributed by atoms with Crippen LogP contribution in [0.25, 0.3) is 0 Å². The van der Waals surface area contributed by atoms with E-state index in [0.29, 0.717) is 6.54 Å². The standard InChI is InChI=1S/C16H22N2O3/c1-4-11(3)21-13-8-6-7-12(9-13)17-14-10-15(19)18(5-2)16(14)20/h6-9,11,14,17H,4-5,10H2,1-3H3. The Morgan fingerprint density at radius 3 is 2.76 bits per heavy atom. The molecule has 0 aliphatic carbocycles. The van der Waals surface area contributed by atoms with Gasteiger partial charge in [-0.05, 0) is 32.4 Å². The lowest BCUT2D eigenvalue weighted by Crippen LogP contribution is -2.34. The van der Waals surface area contributed by atoms with Crippen molar-refractivity contribution in [2.45, 2.75) is 45.8 Å². The zero-order valence-corrected chi connectivity index (χ0v) is 12.8. The molecule has 1 heterocycles. The minimum absolute atomic E-state index is 0.119. The monoisotopic (exact) mass is 290 g/mol. The molecule has 0 radical (unpaired) electrons. The van der Waals surface area contributed by atoms with Crippen LogP contribution in [0.4, 0.5) is 5.69 Å². The molecular formula is C16H22N2O3. The van der Waals surface area contributed by atoms with Crippen LogP contribution in [-0.4, -0.2) is 35.4 Å². The van der Waals surface area contributed by atoms with Crippen molar-refractivity contribution in [3.05, 3.63) is 24.3 Å². The number of carbonyl (C=O) groups is 2. The number of likely N-dealkylation sites (tertiary alicyclic amines) is 1. The average molecular weight is 290 g/mol. The molecule has 1 aliphatic rings. The highest BCUT2D eigenvalue weighted by atomic mass is 16.5. The van der Waals surface area contributed by atoms with Crippen molar-refractivity contribution in [2.75, 3.05) is 11.9 Å². The fourth-order valence-electron chi connectivity index (χ4n) is 2.30. The second-order valence-corrected chi connectivity index (χ2v) is 5.24. The molecule has 21 heavy (non-hydrogen) atoms. The molecule has 1 aromatic carbocycles. The average Bonchev–Trinajstić information content (AvgIpc) is 2.73. The van der Waals surface area contributed by atoms with Crippen LogP contribution >= 0.6 is 0 Å². The summed E-state index contributed by atoms with van der Waals surface area (Å²) < 4.78 is 5.76. The summed E-state index contributed by atoms with van der Waals surface area (Å²) in [5.74, 6) is 0.487. The number of amides is 2. The molecule has 0 aromatic heterocycles. The number of hydrogen-bond acceptors (Lipinski definition) is 4. The largest absolute Gasteiger partial charge is 0.491 e. The number of hydrogen-bond donors (Lipinski definition) is 1. The molecule has 1 aliphatic heterocycles. The highest BCUT2D eigenvalue weighted by Gasteiger charge is 2.37. The van der Waals surface area contributed by atoms with Gasteiger partial charge in [0.2, 0.25) is 5.91 Å². The van der Waals surface area contributed by atoms with Gasteiger partial charge in [-0.25, -0.2) is 0 Å². The van der Waals surface area contributed by atoms with Crippen molar-refractivity contribution in [3.63, 3.8) is 0 Å². The summed E-state index contributed by atoms with van der Waals surface area (Å²) >= 11 is 0. The molecule has 5 heteroatoms. The lowest BCUT2D eigenvalue weighted by molar-refractivity contribution is -0.138. The number of carbonyl (C=O) groups excluding carboxylic acids is 2. The van der Waals surface area contributed by atoms with Crippen molar-refractivity contribution in [1.29, 1.82) is 0 Å². The number of anilines is 1. The quantitative estimate of drug-likeness (QED) is 0.817. The Balaban J connectivity index is 2.05. The van der Waals surface area contributed by atoms with Gasteiger partial charge < -0.3 is 10.1 Å². The van der Waals surface area contributed by atoms with Gasteiger partial charge in [0.05, 0.1) is 12.5 Å². The summed E-state index contributed by atoms with van der Waals surface area (Å²) in [6, 6.07) is 7.01. The molecule has 0 saturated carbocycles. The van der Waals surface area contributed by atoms with Gasteiger partial charge in [0, 0.05) is 18.3 Å². The van der Waals surface area contributed by atoms with Crippen LogP contribution in [0.1, 0.15) is 33.6 Å². The van der Waals surface area contributed by atoms with Crippen molar-refractivity contribution in [3.8, 4) is 5.75 Å². The number of nitrogens with one attached hydrogen (secondary N) is 1. The minimum Gasteiger partial charge on any atom is -0.491 e. The van der Waals surface area contributed by atoms with Crippen molar-refractivity contribution in [2.24, 2.45) is 0 Å². The smallest absolute Gasteiger partial charge is 0.252 e. The number of ether oxygens (including phenoxy) is 1. The van der Waals surface area contributed by atoms with Gasteiger partial charge in [0.1, 0.15) is 11.8 Å². The third kappa shape index (κ3) is 3.54. The van der Waals surface area contributed by atoms with E-state index in [4.69, 9.17) is 4.74 Å². The number of rotatable bonds is 6. The molecule has 0 spiro atoms. The van der Waals surface area contributed by atoms with Gasteiger partial charge in [-0.3, -0.25) is 14.5 Å². The van der Waals surface area contributed by atoms with Crippen LogP contribution in [0.2, 0.25) is 0 Å². The summed E-state index contributed by atoms with van der Waals surface area (Å²) in [4.78, 5) is 25.1. The number of imide groups is 1. The van der Waals surface area contributed by atoms with E-state index in [0.717, 1.165) is 17.9 Å². The lowest BCUT2D eigenvalue weighted by atomic mass is 10.2. The minimum atomic E-state index is -0.476. The Kier molecular flexibility index (Phi) is 4.83. The van der Waals surface area contributed by atoms with E-state index in [1.165, 1.54) is 4.90 Å². The van der Waals surface area contributed by atoms with Crippen molar-refractivity contribution < 1.29 is 14.3 Å². The predicted molar refractivity (Wildman–Crippen MR) is 81.2 cm³/mol. The van der Waals surface area contributed by atoms with E-state index in [-0.39, 0.29) is 24.3 Å². The third-order valence-corrected chi connectivity index (χ3v) is 3.65. The highest BCUT2D eigenvalue weighted by Crippen LogP contribution is 2.22. The first-order valence-corrected chi connectivity index (χ1v) is 7.42. The first-order chi connectivity index (χ1) is 10.0. The molecule has 1 fully saturated rings. The predicted octanol–water partition coefficient (Wildman–Crippen LogP) is 2.42. The number of nitrogens with zero attached hydrogens (tertiary/aromatic N) is 1. The Bertz CT molecular complexity index is 530. The second-order valence-electron chi connectivity index (χ2n) is 5.24.